The third-order valence-corrected chi connectivity index (χ3v) is 3.91. The van der Waals surface area contributed by atoms with E-state index in [1.54, 1.807) is 0 Å². The molecular weight excluding hydrogens is 444 g/mol. The number of guanidine groups is 1. The average Bonchev–Trinajstić information content (AvgIpc) is 3.12. The molecule has 2 rings (SSSR count). The third-order valence-electron chi connectivity index (χ3n) is 3.08. The first-order valence-electron chi connectivity index (χ1n) is 7.14. The van der Waals surface area contributed by atoms with Crippen LogP contribution in [0, 0.1) is 0 Å². The summed E-state index contributed by atoms with van der Waals surface area (Å²) in [5, 5.41) is 7.54. The highest BCUT2D eigenvalue weighted by atomic mass is 127. The lowest BCUT2D eigenvalue weighted by Crippen LogP contribution is -2.41. The third kappa shape index (κ3) is 6.79. The molecular formula is C13H20F3IN4OS. The fraction of sp³-hybridized carbons (Fsp3) is 0.692. The predicted octanol–water partition coefficient (Wildman–Crippen LogP) is 3.01. The summed E-state index contributed by atoms with van der Waals surface area (Å²) in [6, 6.07) is 0. The summed E-state index contributed by atoms with van der Waals surface area (Å²) in [5.41, 5.74) is -0.861. The zero-order chi connectivity index (χ0) is 16.0. The van der Waals surface area contributed by atoms with Crippen molar-refractivity contribution in [3.63, 3.8) is 0 Å². The van der Waals surface area contributed by atoms with Gasteiger partial charge < -0.3 is 15.4 Å². The van der Waals surface area contributed by atoms with Gasteiger partial charge in [-0.25, -0.2) is 9.98 Å². The number of aromatic nitrogens is 1. The molecule has 0 amide bonds. The summed E-state index contributed by atoms with van der Waals surface area (Å²) >= 11 is 0.961. The summed E-state index contributed by atoms with van der Waals surface area (Å²) < 4.78 is 43.0. The molecule has 1 unspecified atom stereocenters. The number of halogens is 4. The zero-order valence-electron chi connectivity index (χ0n) is 12.7. The van der Waals surface area contributed by atoms with Crippen LogP contribution in [-0.4, -0.2) is 36.7 Å². The van der Waals surface area contributed by atoms with E-state index in [2.05, 4.69) is 20.6 Å². The van der Waals surface area contributed by atoms with Crippen LogP contribution < -0.4 is 10.6 Å². The summed E-state index contributed by atoms with van der Waals surface area (Å²) in [6.07, 6.45) is -2.17. The van der Waals surface area contributed by atoms with Crippen LogP contribution in [0.2, 0.25) is 0 Å². The second-order valence-electron chi connectivity index (χ2n) is 4.84. The molecule has 0 aliphatic carbocycles. The number of aliphatic imine (C=N–C) groups is 1. The fourth-order valence-corrected chi connectivity index (χ4v) is 2.74. The molecule has 23 heavy (non-hydrogen) atoms. The van der Waals surface area contributed by atoms with Crippen molar-refractivity contribution in [3.8, 4) is 0 Å². The van der Waals surface area contributed by atoms with E-state index in [9.17, 15) is 13.2 Å². The molecule has 1 aromatic heterocycles. The zero-order valence-corrected chi connectivity index (χ0v) is 15.8. The minimum Gasteiger partial charge on any atom is -0.376 e. The number of hydrogen-bond donors (Lipinski definition) is 2. The van der Waals surface area contributed by atoms with Crippen molar-refractivity contribution in [3.05, 3.63) is 16.1 Å². The van der Waals surface area contributed by atoms with Gasteiger partial charge in [0, 0.05) is 25.1 Å². The topological polar surface area (TPSA) is 58.5 Å². The van der Waals surface area contributed by atoms with Crippen LogP contribution in [-0.2, 0) is 17.5 Å². The predicted molar refractivity (Wildman–Crippen MR) is 94.3 cm³/mol. The van der Waals surface area contributed by atoms with Crippen molar-refractivity contribution in [1.82, 2.24) is 15.6 Å². The number of hydrogen-bond acceptors (Lipinski definition) is 4. The molecule has 1 saturated heterocycles. The van der Waals surface area contributed by atoms with E-state index < -0.39 is 11.9 Å². The van der Waals surface area contributed by atoms with Gasteiger partial charge in [0.1, 0.15) is 5.01 Å². The average molecular weight is 464 g/mol. The second kappa shape index (κ2) is 9.62. The van der Waals surface area contributed by atoms with Crippen molar-refractivity contribution in [2.45, 2.75) is 38.6 Å². The maximum Gasteiger partial charge on any atom is 0.434 e. The maximum atomic E-state index is 12.5. The minimum atomic E-state index is -4.40. The van der Waals surface area contributed by atoms with Crippen LogP contribution >= 0.6 is 35.3 Å². The molecule has 1 fully saturated rings. The molecule has 0 aromatic carbocycles. The van der Waals surface area contributed by atoms with Crippen molar-refractivity contribution >= 4 is 41.3 Å². The van der Waals surface area contributed by atoms with Gasteiger partial charge in [-0.3, -0.25) is 0 Å². The molecule has 2 N–H and O–H groups in total. The van der Waals surface area contributed by atoms with Gasteiger partial charge in [0.05, 0.1) is 12.6 Å². The Balaban J connectivity index is 0.00000264. The number of nitrogens with one attached hydrogen (secondary N) is 2. The van der Waals surface area contributed by atoms with Gasteiger partial charge in [-0.05, 0) is 19.8 Å². The Labute approximate surface area is 154 Å². The molecule has 132 valence electrons. The van der Waals surface area contributed by atoms with E-state index in [1.807, 2.05) is 6.92 Å². The van der Waals surface area contributed by atoms with Crippen molar-refractivity contribution in [1.29, 1.82) is 0 Å². The van der Waals surface area contributed by atoms with E-state index >= 15 is 0 Å². The van der Waals surface area contributed by atoms with Crippen LogP contribution in [0.3, 0.4) is 0 Å². The number of nitrogens with zero attached hydrogens (tertiary/aromatic N) is 2. The molecule has 1 aliphatic rings. The van der Waals surface area contributed by atoms with E-state index in [1.165, 1.54) is 0 Å². The maximum absolute atomic E-state index is 12.5. The Morgan fingerprint density at radius 3 is 2.83 bits per heavy atom. The molecule has 10 heteroatoms. The SMILES string of the molecule is CCNC(=NCc1nc(C(F)(F)F)cs1)NCC1CCCO1.I. The Kier molecular flexibility index (Phi) is 8.54. The van der Waals surface area contributed by atoms with Gasteiger partial charge in [0.15, 0.2) is 11.7 Å². The summed E-state index contributed by atoms with van der Waals surface area (Å²) in [5.74, 6) is 0.557. The van der Waals surface area contributed by atoms with Gasteiger partial charge in [-0.1, -0.05) is 0 Å². The molecule has 1 aliphatic heterocycles. The van der Waals surface area contributed by atoms with Crippen LogP contribution in [0.1, 0.15) is 30.5 Å². The largest absolute Gasteiger partial charge is 0.434 e. The molecule has 5 nitrogen and oxygen atoms in total. The molecule has 1 aromatic rings. The standard InChI is InChI=1S/C13H19F3N4OS.HI/c1-2-17-12(18-6-9-4-3-5-21-9)19-7-11-20-10(8-22-11)13(14,15)16;/h8-9H,2-7H2,1H3,(H2,17,18,19);1H. The monoisotopic (exact) mass is 464 g/mol. The highest BCUT2D eigenvalue weighted by Gasteiger charge is 2.33. The molecule has 0 saturated carbocycles. The van der Waals surface area contributed by atoms with Gasteiger partial charge >= 0.3 is 6.18 Å². The van der Waals surface area contributed by atoms with Crippen molar-refractivity contribution < 1.29 is 17.9 Å². The van der Waals surface area contributed by atoms with E-state index in [0.29, 0.717) is 24.1 Å². The normalized spacial score (nSPS) is 18.6. The first-order valence-corrected chi connectivity index (χ1v) is 8.02. The Morgan fingerprint density at radius 1 is 1.48 bits per heavy atom. The van der Waals surface area contributed by atoms with E-state index in [-0.39, 0.29) is 36.6 Å². The molecule has 1 atom stereocenters. The Bertz CT molecular complexity index is 504. The molecule has 0 radical (unpaired) electrons. The quantitative estimate of drug-likeness (QED) is 0.400. The number of ether oxygens (including phenoxy) is 1. The van der Waals surface area contributed by atoms with Crippen LogP contribution in [0.5, 0.6) is 0 Å². The minimum absolute atomic E-state index is 0. The second-order valence-corrected chi connectivity index (χ2v) is 5.78. The molecule has 0 spiro atoms. The van der Waals surface area contributed by atoms with Gasteiger partial charge in [-0.2, -0.15) is 13.2 Å². The summed E-state index contributed by atoms with van der Waals surface area (Å²) in [4.78, 5) is 7.82. The first-order chi connectivity index (χ1) is 10.5. The van der Waals surface area contributed by atoms with Crippen molar-refractivity contribution in [2.24, 2.45) is 4.99 Å². The number of alkyl halides is 3. The van der Waals surface area contributed by atoms with Gasteiger partial charge in [-0.15, -0.1) is 35.3 Å². The smallest absolute Gasteiger partial charge is 0.376 e. The molecule has 2 heterocycles. The van der Waals surface area contributed by atoms with Crippen LogP contribution in [0.25, 0.3) is 0 Å². The lowest BCUT2D eigenvalue weighted by atomic mass is 10.2. The number of thiazole rings is 1. The molecule has 0 bridgehead atoms. The summed E-state index contributed by atoms with van der Waals surface area (Å²) in [6.45, 7) is 4.12. The summed E-state index contributed by atoms with van der Waals surface area (Å²) in [7, 11) is 0. The fourth-order valence-electron chi connectivity index (χ4n) is 2.02. The Hall–Kier alpha value is -0.620. The van der Waals surface area contributed by atoms with Crippen LogP contribution in [0.4, 0.5) is 13.2 Å². The first kappa shape index (κ1) is 20.4. The Morgan fingerprint density at radius 2 is 2.26 bits per heavy atom. The lowest BCUT2D eigenvalue weighted by molar-refractivity contribution is -0.140. The highest BCUT2D eigenvalue weighted by molar-refractivity contribution is 14.0. The van der Waals surface area contributed by atoms with E-state index in [0.717, 1.165) is 36.2 Å². The lowest BCUT2D eigenvalue weighted by Gasteiger charge is -2.14. The van der Waals surface area contributed by atoms with E-state index in [4.69, 9.17) is 4.74 Å². The van der Waals surface area contributed by atoms with Crippen LogP contribution in [0.15, 0.2) is 10.4 Å². The van der Waals surface area contributed by atoms with Gasteiger partial charge in [0.2, 0.25) is 0 Å². The number of rotatable bonds is 5. The van der Waals surface area contributed by atoms with Crippen molar-refractivity contribution in [2.75, 3.05) is 19.7 Å². The highest BCUT2D eigenvalue weighted by Crippen LogP contribution is 2.30. The van der Waals surface area contributed by atoms with Gasteiger partial charge in [0.25, 0.3) is 0 Å².